The van der Waals surface area contributed by atoms with E-state index in [9.17, 15) is 4.79 Å². The number of hydrogen-bond donors (Lipinski definition) is 1. The van der Waals surface area contributed by atoms with Crippen LogP contribution in [-0.4, -0.2) is 24.8 Å². The van der Waals surface area contributed by atoms with E-state index in [1.54, 1.807) is 0 Å². The molecule has 0 radical (unpaired) electrons. The molecule has 0 unspecified atom stereocenters. The summed E-state index contributed by atoms with van der Waals surface area (Å²) < 4.78 is 10.6. The highest BCUT2D eigenvalue weighted by Gasteiger charge is 2.11. The summed E-state index contributed by atoms with van der Waals surface area (Å²) in [6.45, 7) is 7.01. The Balaban J connectivity index is 2.35. The topological polar surface area (TPSA) is 61.5 Å². The third kappa shape index (κ3) is 6.36. The summed E-state index contributed by atoms with van der Waals surface area (Å²) in [7, 11) is 0. The van der Waals surface area contributed by atoms with Gasteiger partial charge in [-0.05, 0) is 31.9 Å². The zero-order valence-electron chi connectivity index (χ0n) is 11.9. The number of rotatable bonds is 6. The third-order valence-electron chi connectivity index (χ3n) is 2.55. The van der Waals surface area contributed by atoms with Gasteiger partial charge in [-0.2, -0.15) is 0 Å². The molecule has 1 aromatic rings. The Bertz CT molecular complexity index is 410. The number of esters is 1. The minimum Gasteiger partial charge on any atom is -0.463 e. The van der Waals surface area contributed by atoms with Crippen LogP contribution in [0.2, 0.25) is 0 Å². The molecule has 4 heteroatoms. The maximum Gasteiger partial charge on any atom is 0.310 e. The highest BCUT2D eigenvalue weighted by atomic mass is 16.6. The maximum absolute atomic E-state index is 11.7. The number of benzene rings is 1. The average Bonchev–Trinajstić information content (AvgIpc) is 2.34. The zero-order valence-corrected chi connectivity index (χ0v) is 11.9. The molecule has 2 N–H and O–H groups in total. The summed E-state index contributed by atoms with van der Waals surface area (Å²) in [5, 5.41) is 0. The van der Waals surface area contributed by atoms with Crippen molar-refractivity contribution in [3.8, 4) is 0 Å². The first kappa shape index (κ1) is 15.7. The van der Waals surface area contributed by atoms with Gasteiger partial charge in [0, 0.05) is 6.54 Å². The number of ether oxygens (including phenoxy) is 2. The Morgan fingerprint density at radius 1 is 1.16 bits per heavy atom. The molecule has 0 saturated heterocycles. The van der Waals surface area contributed by atoms with Crippen LogP contribution in [0, 0.1) is 0 Å². The molecule has 0 saturated carbocycles. The highest BCUT2D eigenvalue weighted by Crippen LogP contribution is 2.10. The Hall–Kier alpha value is -1.39. The molecule has 0 spiro atoms. The normalized spacial score (nSPS) is 11.4. The number of carbonyl (C=O) groups is 1. The van der Waals surface area contributed by atoms with E-state index in [0.717, 1.165) is 11.1 Å². The van der Waals surface area contributed by atoms with Gasteiger partial charge in [-0.25, -0.2) is 0 Å². The molecule has 0 fully saturated rings. The Labute approximate surface area is 114 Å². The molecule has 0 aromatic heterocycles. The van der Waals surface area contributed by atoms with E-state index in [0.29, 0.717) is 13.2 Å². The molecular formula is C15H23NO3. The lowest BCUT2D eigenvalue weighted by Crippen LogP contribution is -2.23. The first-order valence-electron chi connectivity index (χ1n) is 6.49. The van der Waals surface area contributed by atoms with Crippen molar-refractivity contribution in [2.24, 2.45) is 5.73 Å². The van der Waals surface area contributed by atoms with E-state index < -0.39 is 0 Å². The van der Waals surface area contributed by atoms with Gasteiger partial charge < -0.3 is 15.2 Å². The Kier molecular flexibility index (Phi) is 5.99. The van der Waals surface area contributed by atoms with Crippen LogP contribution in [0.4, 0.5) is 0 Å². The van der Waals surface area contributed by atoms with Gasteiger partial charge in [0.05, 0.1) is 18.6 Å². The molecule has 0 aliphatic rings. The second-order valence-corrected chi connectivity index (χ2v) is 5.33. The van der Waals surface area contributed by atoms with Crippen molar-refractivity contribution in [1.29, 1.82) is 0 Å². The fourth-order valence-corrected chi connectivity index (χ4v) is 1.64. The predicted molar refractivity (Wildman–Crippen MR) is 74.7 cm³/mol. The lowest BCUT2D eigenvalue weighted by molar-refractivity contribution is -0.146. The van der Waals surface area contributed by atoms with Crippen molar-refractivity contribution < 1.29 is 14.3 Å². The van der Waals surface area contributed by atoms with Gasteiger partial charge in [0.1, 0.15) is 6.61 Å². The molecule has 0 aliphatic heterocycles. The van der Waals surface area contributed by atoms with Crippen LogP contribution in [0.5, 0.6) is 0 Å². The van der Waals surface area contributed by atoms with E-state index in [-0.39, 0.29) is 24.6 Å². The summed E-state index contributed by atoms with van der Waals surface area (Å²) in [4.78, 5) is 11.7. The van der Waals surface area contributed by atoms with Gasteiger partial charge in [-0.3, -0.25) is 4.79 Å². The Morgan fingerprint density at radius 3 is 2.37 bits per heavy atom. The lowest BCUT2D eigenvalue weighted by atomic mass is 10.1. The van der Waals surface area contributed by atoms with Crippen molar-refractivity contribution in [2.75, 3.05) is 13.2 Å². The lowest BCUT2D eigenvalue weighted by Gasteiger charge is -2.19. The molecule has 4 nitrogen and oxygen atoms in total. The maximum atomic E-state index is 11.7. The summed E-state index contributed by atoms with van der Waals surface area (Å²) in [6, 6.07) is 7.62. The average molecular weight is 265 g/mol. The third-order valence-corrected chi connectivity index (χ3v) is 2.55. The quantitative estimate of drug-likeness (QED) is 0.631. The smallest absolute Gasteiger partial charge is 0.310 e. The van der Waals surface area contributed by atoms with E-state index >= 15 is 0 Å². The van der Waals surface area contributed by atoms with Gasteiger partial charge in [-0.15, -0.1) is 0 Å². The molecule has 1 rings (SSSR count). The van der Waals surface area contributed by atoms with E-state index in [2.05, 4.69) is 0 Å². The van der Waals surface area contributed by atoms with Crippen LogP contribution in [-0.2, 0) is 27.2 Å². The van der Waals surface area contributed by atoms with Crippen molar-refractivity contribution >= 4 is 5.97 Å². The number of hydrogen-bond acceptors (Lipinski definition) is 4. The SMILES string of the molecule is CC(C)(C)OCCOC(=O)Cc1ccccc1CN. The molecule has 0 atom stereocenters. The molecule has 19 heavy (non-hydrogen) atoms. The van der Waals surface area contributed by atoms with Gasteiger partial charge in [0.2, 0.25) is 0 Å². The van der Waals surface area contributed by atoms with Gasteiger partial charge >= 0.3 is 5.97 Å². The summed E-state index contributed by atoms with van der Waals surface area (Å²) >= 11 is 0. The van der Waals surface area contributed by atoms with E-state index in [4.69, 9.17) is 15.2 Å². The first-order chi connectivity index (χ1) is 8.92. The summed E-state index contributed by atoms with van der Waals surface area (Å²) in [5.41, 5.74) is 7.31. The fraction of sp³-hybridized carbons (Fsp3) is 0.533. The zero-order chi connectivity index (χ0) is 14.3. The second kappa shape index (κ2) is 7.26. The van der Waals surface area contributed by atoms with Crippen LogP contribution in [0.3, 0.4) is 0 Å². The molecular weight excluding hydrogens is 242 g/mol. The minimum absolute atomic E-state index is 0.210. The van der Waals surface area contributed by atoms with Crippen LogP contribution in [0.15, 0.2) is 24.3 Å². The number of carbonyl (C=O) groups excluding carboxylic acids is 1. The van der Waals surface area contributed by atoms with Crippen molar-refractivity contribution in [1.82, 2.24) is 0 Å². The second-order valence-electron chi connectivity index (χ2n) is 5.33. The predicted octanol–water partition coefficient (Wildman–Crippen LogP) is 2.05. The molecule has 1 aromatic carbocycles. The van der Waals surface area contributed by atoms with Crippen LogP contribution >= 0.6 is 0 Å². The van der Waals surface area contributed by atoms with E-state index in [1.165, 1.54) is 0 Å². The van der Waals surface area contributed by atoms with Crippen molar-refractivity contribution in [3.63, 3.8) is 0 Å². The largest absolute Gasteiger partial charge is 0.463 e. The van der Waals surface area contributed by atoms with Crippen molar-refractivity contribution in [3.05, 3.63) is 35.4 Å². The Morgan fingerprint density at radius 2 is 1.79 bits per heavy atom. The molecule has 0 aliphatic carbocycles. The van der Waals surface area contributed by atoms with Crippen LogP contribution in [0.1, 0.15) is 31.9 Å². The monoisotopic (exact) mass is 265 g/mol. The summed E-state index contributed by atoms with van der Waals surface area (Å²) in [5.74, 6) is -0.251. The van der Waals surface area contributed by atoms with Gasteiger partial charge in [0.15, 0.2) is 0 Å². The first-order valence-corrected chi connectivity index (χ1v) is 6.49. The summed E-state index contributed by atoms with van der Waals surface area (Å²) in [6.07, 6.45) is 0.253. The van der Waals surface area contributed by atoms with Crippen LogP contribution < -0.4 is 5.73 Å². The molecule has 0 heterocycles. The highest BCUT2D eigenvalue weighted by molar-refractivity contribution is 5.73. The van der Waals surface area contributed by atoms with Gasteiger partial charge in [0.25, 0.3) is 0 Å². The standard InChI is InChI=1S/C15H23NO3/c1-15(2,3)19-9-8-18-14(17)10-12-6-4-5-7-13(12)11-16/h4-7H,8-11,16H2,1-3H3. The fourth-order valence-electron chi connectivity index (χ4n) is 1.64. The molecule has 0 amide bonds. The minimum atomic E-state index is -0.251. The molecule has 0 bridgehead atoms. The van der Waals surface area contributed by atoms with Gasteiger partial charge in [-0.1, -0.05) is 24.3 Å². The molecule has 106 valence electrons. The van der Waals surface area contributed by atoms with E-state index in [1.807, 2.05) is 45.0 Å². The number of nitrogens with two attached hydrogens (primary N) is 1. The van der Waals surface area contributed by atoms with Crippen LogP contribution in [0.25, 0.3) is 0 Å². The van der Waals surface area contributed by atoms with Crippen molar-refractivity contribution in [2.45, 2.75) is 39.3 Å².